The second kappa shape index (κ2) is 14.1. The molecule has 0 aliphatic heterocycles. The molecule has 0 bridgehead atoms. The van der Waals surface area contributed by atoms with E-state index >= 15 is 0 Å². The second-order valence-electron chi connectivity index (χ2n) is 5.90. The molecule has 0 fully saturated rings. The Kier molecular flexibility index (Phi) is 12.6. The van der Waals surface area contributed by atoms with Gasteiger partial charge in [-0.25, -0.2) is 0 Å². The van der Waals surface area contributed by atoms with Crippen LogP contribution in [-0.2, 0) is 0 Å². The topological polar surface area (TPSA) is 54.2 Å². The third-order valence-corrected chi connectivity index (χ3v) is 4.88. The Morgan fingerprint density at radius 1 is 1.26 bits per heavy atom. The van der Waals surface area contributed by atoms with E-state index in [2.05, 4.69) is 28.9 Å². The average molecular weight is 522 g/mol. The Bertz CT molecular complexity index is 649. The maximum atomic E-state index is 6.03. The van der Waals surface area contributed by atoms with E-state index in [4.69, 9.17) is 16.6 Å². The highest BCUT2D eigenvalue weighted by Crippen LogP contribution is 2.20. The van der Waals surface area contributed by atoms with Crippen LogP contribution in [0.3, 0.4) is 0 Å². The first kappa shape index (κ1) is 24.1. The molecule has 5 nitrogen and oxygen atoms in total. The average Bonchev–Trinajstić information content (AvgIpc) is 3.17. The van der Waals surface area contributed by atoms with E-state index < -0.39 is 0 Å². The maximum Gasteiger partial charge on any atom is 0.191 e. The molecule has 0 aliphatic carbocycles. The first-order chi connectivity index (χ1) is 12.7. The third kappa shape index (κ3) is 8.74. The van der Waals surface area contributed by atoms with E-state index in [1.807, 2.05) is 53.0 Å². The van der Waals surface area contributed by atoms with Crippen LogP contribution in [0.4, 0.5) is 0 Å². The van der Waals surface area contributed by atoms with Crippen molar-refractivity contribution in [3.8, 4) is 0 Å². The maximum absolute atomic E-state index is 6.03. The number of nitrogens with zero attached hydrogens (tertiary/aromatic N) is 3. The molecule has 0 saturated heterocycles. The highest BCUT2D eigenvalue weighted by atomic mass is 127. The van der Waals surface area contributed by atoms with Gasteiger partial charge in [-0.3, -0.25) is 9.67 Å². The van der Waals surface area contributed by atoms with Crippen molar-refractivity contribution in [3.63, 3.8) is 0 Å². The van der Waals surface area contributed by atoms with Crippen LogP contribution < -0.4 is 10.6 Å². The van der Waals surface area contributed by atoms with Crippen molar-refractivity contribution >= 4 is 53.3 Å². The normalized spacial score (nSPS) is 12.3. The summed E-state index contributed by atoms with van der Waals surface area (Å²) >= 11 is 7.92. The van der Waals surface area contributed by atoms with Crippen LogP contribution in [-0.4, -0.2) is 47.4 Å². The monoisotopic (exact) mass is 521 g/mol. The van der Waals surface area contributed by atoms with Gasteiger partial charge in [-0.15, -0.1) is 24.0 Å². The number of aromatic nitrogens is 2. The molecule has 1 atom stereocenters. The Balaban J connectivity index is 0.00000364. The molecule has 150 valence electrons. The van der Waals surface area contributed by atoms with Crippen LogP contribution in [0.15, 0.2) is 47.7 Å². The van der Waals surface area contributed by atoms with E-state index in [0.29, 0.717) is 6.54 Å². The van der Waals surface area contributed by atoms with Crippen LogP contribution in [0.25, 0.3) is 0 Å². The lowest BCUT2D eigenvalue weighted by Crippen LogP contribution is -2.38. The number of unbranched alkanes of at least 4 members (excludes halogenated alkanes) is 1. The van der Waals surface area contributed by atoms with Crippen molar-refractivity contribution in [2.75, 3.05) is 31.6 Å². The summed E-state index contributed by atoms with van der Waals surface area (Å²) in [6.07, 6.45) is 8.27. The zero-order valence-corrected chi connectivity index (χ0v) is 19.8. The van der Waals surface area contributed by atoms with Crippen molar-refractivity contribution in [1.29, 1.82) is 0 Å². The van der Waals surface area contributed by atoms with Crippen LogP contribution in [0, 0.1) is 0 Å². The Hall–Kier alpha value is -0.930. The van der Waals surface area contributed by atoms with Crippen LogP contribution >= 0.6 is 47.3 Å². The number of rotatable bonds is 10. The number of nitrogens with one attached hydrogen (secondary N) is 2. The number of benzene rings is 1. The minimum atomic E-state index is 0. The molecule has 1 aromatic heterocycles. The summed E-state index contributed by atoms with van der Waals surface area (Å²) in [5.74, 6) is 2.05. The van der Waals surface area contributed by atoms with Crippen molar-refractivity contribution < 1.29 is 0 Å². The van der Waals surface area contributed by atoms with E-state index in [-0.39, 0.29) is 30.0 Å². The van der Waals surface area contributed by atoms with E-state index in [1.54, 1.807) is 6.20 Å². The molecule has 0 aliphatic rings. The quantitative estimate of drug-likeness (QED) is 0.210. The summed E-state index contributed by atoms with van der Waals surface area (Å²) in [4.78, 5) is 4.78. The van der Waals surface area contributed by atoms with Gasteiger partial charge >= 0.3 is 0 Å². The number of thioether (sulfide) groups is 1. The van der Waals surface area contributed by atoms with E-state index in [1.165, 1.54) is 12.2 Å². The number of aliphatic imine (C=N–C) groups is 1. The minimum Gasteiger partial charge on any atom is -0.357 e. The fourth-order valence-corrected chi connectivity index (χ4v) is 3.21. The molecular weight excluding hydrogens is 493 g/mol. The van der Waals surface area contributed by atoms with Crippen molar-refractivity contribution in [2.45, 2.75) is 25.8 Å². The lowest BCUT2D eigenvalue weighted by molar-refractivity contribution is 0.530. The zero-order chi connectivity index (χ0) is 18.6. The standard InChI is InChI=1S/C19H28ClN5S.HI/c1-3-21-19(22-11-4-5-14-26-2)23-15-18(25-13-6-12-24-25)16-7-9-17(20)10-8-16;/h6-10,12-13,18H,3-5,11,14-15H2,1-2H3,(H2,21,22,23);1H. The van der Waals surface area contributed by atoms with E-state index in [9.17, 15) is 0 Å². The first-order valence-corrected chi connectivity index (χ1v) is 10.8. The lowest BCUT2D eigenvalue weighted by atomic mass is 10.1. The van der Waals surface area contributed by atoms with Gasteiger partial charge in [0.15, 0.2) is 5.96 Å². The highest BCUT2D eigenvalue weighted by molar-refractivity contribution is 14.0. The first-order valence-electron chi connectivity index (χ1n) is 9.00. The predicted octanol–water partition coefficient (Wildman–Crippen LogP) is 4.44. The third-order valence-electron chi connectivity index (χ3n) is 3.93. The predicted molar refractivity (Wildman–Crippen MR) is 129 cm³/mol. The Morgan fingerprint density at radius 2 is 2.04 bits per heavy atom. The minimum absolute atomic E-state index is 0. The smallest absolute Gasteiger partial charge is 0.191 e. The van der Waals surface area contributed by atoms with Gasteiger partial charge in [0, 0.05) is 30.5 Å². The molecular formula is C19H29ClIN5S. The lowest BCUT2D eigenvalue weighted by Gasteiger charge is -2.18. The molecule has 2 aromatic rings. The van der Waals surface area contributed by atoms with Gasteiger partial charge in [0.25, 0.3) is 0 Å². The van der Waals surface area contributed by atoms with E-state index in [0.717, 1.165) is 36.1 Å². The number of guanidine groups is 1. The molecule has 0 amide bonds. The number of halogens is 2. The molecule has 8 heteroatoms. The van der Waals surface area contributed by atoms with Gasteiger partial charge in [0.1, 0.15) is 0 Å². The van der Waals surface area contributed by atoms with Crippen molar-refractivity contribution in [3.05, 3.63) is 53.3 Å². The summed E-state index contributed by atoms with van der Waals surface area (Å²) < 4.78 is 1.94. The summed E-state index contributed by atoms with van der Waals surface area (Å²) in [6.45, 7) is 4.45. The van der Waals surface area contributed by atoms with Crippen LogP contribution in [0.5, 0.6) is 0 Å². The fourth-order valence-electron chi connectivity index (χ4n) is 2.59. The Morgan fingerprint density at radius 3 is 2.67 bits per heavy atom. The van der Waals surface area contributed by atoms with Gasteiger partial charge in [-0.05, 0) is 55.5 Å². The van der Waals surface area contributed by atoms with Crippen molar-refractivity contribution in [1.82, 2.24) is 20.4 Å². The molecule has 1 unspecified atom stereocenters. The van der Waals surface area contributed by atoms with Gasteiger partial charge in [-0.1, -0.05) is 23.7 Å². The Labute approximate surface area is 188 Å². The molecule has 2 rings (SSSR count). The summed E-state index contributed by atoms with van der Waals surface area (Å²) in [6, 6.07) is 9.86. The number of hydrogen-bond donors (Lipinski definition) is 2. The molecule has 2 N–H and O–H groups in total. The SMILES string of the molecule is CCNC(=NCC(c1ccc(Cl)cc1)n1cccn1)NCCCCSC.I. The molecule has 1 aromatic carbocycles. The van der Waals surface area contributed by atoms with Crippen LogP contribution in [0.1, 0.15) is 31.4 Å². The van der Waals surface area contributed by atoms with Gasteiger partial charge in [0.05, 0.1) is 12.6 Å². The summed E-state index contributed by atoms with van der Waals surface area (Å²) in [5.41, 5.74) is 1.14. The summed E-state index contributed by atoms with van der Waals surface area (Å²) in [7, 11) is 0. The zero-order valence-electron chi connectivity index (χ0n) is 15.9. The number of hydrogen-bond acceptors (Lipinski definition) is 3. The van der Waals surface area contributed by atoms with Gasteiger partial charge in [0.2, 0.25) is 0 Å². The molecule has 0 radical (unpaired) electrons. The fraction of sp³-hybridized carbons (Fsp3) is 0.474. The second-order valence-corrected chi connectivity index (χ2v) is 7.32. The molecule has 27 heavy (non-hydrogen) atoms. The molecule has 0 saturated carbocycles. The molecule has 1 heterocycles. The van der Waals surface area contributed by atoms with Gasteiger partial charge in [-0.2, -0.15) is 16.9 Å². The molecule has 0 spiro atoms. The largest absolute Gasteiger partial charge is 0.357 e. The highest BCUT2D eigenvalue weighted by Gasteiger charge is 2.14. The van der Waals surface area contributed by atoms with Crippen LogP contribution in [0.2, 0.25) is 5.02 Å². The summed E-state index contributed by atoms with van der Waals surface area (Å²) in [5, 5.41) is 11.9. The van der Waals surface area contributed by atoms with Gasteiger partial charge < -0.3 is 10.6 Å². The van der Waals surface area contributed by atoms with Crippen molar-refractivity contribution in [2.24, 2.45) is 4.99 Å².